The van der Waals surface area contributed by atoms with E-state index in [1.807, 2.05) is 13.8 Å². The molecule has 0 aromatic heterocycles. The minimum atomic E-state index is -0.820. The van der Waals surface area contributed by atoms with Gasteiger partial charge in [0, 0.05) is 13.1 Å². The van der Waals surface area contributed by atoms with E-state index in [1.165, 1.54) is 0 Å². The first-order valence-corrected chi connectivity index (χ1v) is 6.44. The van der Waals surface area contributed by atoms with Crippen molar-refractivity contribution in [3.05, 3.63) is 16.7 Å². The average Bonchev–Trinajstić information content (AvgIpc) is 2.32. The number of guanidine groups is 1. The van der Waals surface area contributed by atoms with Crippen LogP contribution in [0.5, 0.6) is 0 Å². The zero-order valence-corrected chi connectivity index (χ0v) is 11.8. The van der Waals surface area contributed by atoms with Crippen molar-refractivity contribution in [2.75, 3.05) is 6.54 Å². The number of hydrogen-bond acceptors (Lipinski definition) is 5. The molecule has 1 radical (unpaired) electrons. The lowest BCUT2D eigenvalue weighted by molar-refractivity contribution is -0.525. The number of nitrogens with two attached hydrogens (primary N) is 1. The van der Waals surface area contributed by atoms with Crippen molar-refractivity contribution in [1.82, 2.24) is 16.1 Å². The van der Waals surface area contributed by atoms with Crippen molar-refractivity contribution in [2.24, 2.45) is 11.7 Å². The summed E-state index contributed by atoms with van der Waals surface area (Å²) in [5, 5.41) is 21.5. The first-order valence-electron chi connectivity index (χ1n) is 6.44. The second-order valence-corrected chi connectivity index (χ2v) is 4.76. The van der Waals surface area contributed by atoms with Crippen molar-refractivity contribution in [3.63, 3.8) is 0 Å². The number of nitrogens with one attached hydrogen (secondary N) is 4. The summed E-state index contributed by atoms with van der Waals surface area (Å²) < 4.78 is 0. The van der Waals surface area contributed by atoms with Gasteiger partial charge in [0.1, 0.15) is 0 Å². The third-order valence-electron chi connectivity index (χ3n) is 2.37. The first-order chi connectivity index (χ1) is 9.32. The Morgan fingerprint density at radius 3 is 2.70 bits per heavy atom. The van der Waals surface area contributed by atoms with Gasteiger partial charge in [-0.25, -0.2) is 10.1 Å². The van der Waals surface area contributed by atoms with Crippen LogP contribution in [0.3, 0.4) is 0 Å². The van der Waals surface area contributed by atoms with E-state index in [9.17, 15) is 14.9 Å². The van der Waals surface area contributed by atoms with Gasteiger partial charge in [0.25, 0.3) is 5.96 Å². The van der Waals surface area contributed by atoms with Crippen molar-refractivity contribution >= 4 is 11.9 Å². The first kappa shape index (κ1) is 18.1. The second kappa shape index (κ2) is 9.96. The number of carbonyl (C=O) groups is 1. The van der Waals surface area contributed by atoms with E-state index in [4.69, 9.17) is 11.1 Å². The van der Waals surface area contributed by atoms with Crippen LogP contribution in [0.15, 0.2) is 0 Å². The summed E-state index contributed by atoms with van der Waals surface area (Å²) in [6.45, 7) is 6.11. The summed E-state index contributed by atoms with van der Waals surface area (Å²) in [6, 6.07) is -0.627. The Morgan fingerprint density at radius 1 is 1.50 bits per heavy atom. The average molecular weight is 287 g/mol. The van der Waals surface area contributed by atoms with Gasteiger partial charge in [0.05, 0.1) is 6.04 Å². The topological polar surface area (TPSA) is 146 Å². The minimum Gasteiger partial charge on any atom is -0.352 e. The van der Waals surface area contributed by atoms with E-state index in [1.54, 1.807) is 12.0 Å². The third-order valence-corrected chi connectivity index (χ3v) is 2.37. The summed E-state index contributed by atoms with van der Waals surface area (Å²) in [6.07, 6.45) is 1.74. The molecule has 0 spiro atoms. The molecule has 1 atom stereocenters. The molecular formula is C11H23N6O3. The lowest BCUT2D eigenvalue weighted by Crippen LogP contribution is -2.42. The van der Waals surface area contributed by atoms with Gasteiger partial charge in [-0.05, 0) is 25.2 Å². The van der Waals surface area contributed by atoms with Crippen LogP contribution in [0.4, 0.5) is 0 Å². The van der Waals surface area contributed by atoms with Crippen LogP contribution in [-0.4, -0.2) is 29.5 Å². The zero-order chi connectivity index (χ0) is 15.5. The fraction of sp³-hybridized carbons (Fsp3) is 0.727. The highest BCUT2D eigenvalue weighted by atomic mass is 16.7. The van der Waals surface area contributed by atoms with Crippen LogP contribution in [0.2, 0.25) is 0 Å². The summed E-state index contributed by atoms with van der Waals surface area (Å²) in [5.41, 5.74) is 7.37. The SMILES string of the molecule is CC(C)C[CH]NC(=O)[C@@H](N)CCCNC(=N)N[N+](=O)[O-]. The highest BCUT2D eigenvalue weighted by Crippen LogP contribution is 2.00. The lowest BCUT2D eigenvalue weighted by atomic mass is 10.1. The molecule has 0 saturated carbocycles. The van der Waals surface area contributed by atoms with Gasteiger partial charge in [-0.2, -0.15) is 0 Å². The molecule has 0 aromatic rings. The van der Waals surface area contributed by atoms with Crippen LogP contribution < -0.4 is 21.8 Å². The van der Waals surface area contributed by atoms with Crippen molar-refractivity contribution < 1.29 is 9.83 Å². The molecule has 20 heavy (non-hydrogen) atoms. The minimum absolute atomic E-state index is 0.246. The van der Waals surface area contributed by atoms with Crippen molar-refractivity contribution in [3.8, 4) is 0 Å². The number of nitro groups is 1. The van der Waals surface area contributed by atoms with E-state index in [2.05, 4.69) is 10.6 Å². The molecule has 0 aliphatic rings. The highest BCUT2D eigenvalue weighted by molar-refractivity contribution is 5.81. The molecule has 1 amide bonds. The molecule has 9 nitrogen and oxygen atoms in total. The summed E-state index contributed by atoms with van der Waals surface area (Å²) in [4.78, 5) is 21.6. The maximum absolute atomic E-state index is 11.6. The Morgan fingerprint density at radius 2 is 2.15 bits per heavy atom. The van der Waals surface area contributed by atoms with Gasteiger partial charge in [-0.1, -0.05) is 19.3 Å². The van der Waals surface area contributed by atoms with E-state index in [0.29, 0.717) is 25.3 Å². The largest absolute Gasteiger partial charge is 0.352 e. The van der Waals surface area contributed by atoms with Crippen molar-refractivity contribution in [1.29, 1.82) is 5.41 Å². The van der Waals surface area contributed by atoms with Crippen LogP contribution >= 0.6 is 0 Å². The number of nitrogens with zero attached hydrogens (tertiary/aromatic N) is 1. The summed E-state index contributed by atoms with van der Waals surface area (Å²) in [7, 11) is 0. The van der Waals surface area contributed by atoms with E-state index in [0.717, 1.165) is 6.42 Å². The second-order valence-electron chi connectivity index (χ2n) is 4.76. The van der Waals surface area contributed by atoms with Crippen LogP contribution in [-0.2, 0) is 4.79 Å². The molecule has 0 aliphatic carbocycles. The maximum Gasteiger partial charge on any atom is 0.251 e. The van der Waals surface area contributed by atoms with Gasteiger partial charge >= 0.3 is 0 Å². The number of carbonyl (C=O) groups excluding carboxylic acids is 1. The van der Waals surface area contributed by atoms with Gasteiger partial charge in [0.2, 0.25) is 5.91 Å². The quantitative estimate of drug-likeness (QED) is 0.130. The standard InChI is InChI=1S/C11H23N6O3/c1-8(2)5-7-14-10(18)9(12)4-3-6-15-11(13)16-17(19)20/h7-9H,3-6,12H2,1-2H3,(H,14,18)(H3,13,15,16)/t9-/m0/s1. The van der Waals surface area contributed by atoms with Crippen LogP contribution in [0.25, 0.3) is 0 Å². The molecule has 0 saturated heterocycles. The van der Waals surface area contributed by atoms with E-state index >= 15 is 0 Å². The molecule has 115 valence electrons. The highest BCUT2D eigenvalue weighted by Gasteiger charge is 2.12. The van der Waals surface area contributed by atoms with Gasteiger partial charge in [0.15, 0.2) is 5.03 Å². The molecule has 0 fully saturated rings. The monoisotopic (exact) mass is 287 g/mol. The Hall–Kier alpha value is -1.90. The third kappa shape index (κ3) is 10.1. The summed E-state index contributed by atoms with van der Waals surface area (Å²) >= 11 is 0. The Labute approximate surface area is 118 Å². The lowest BCUT2D eigenvalue weighted by Gasteiger charge is -2.13. The van der Waals surface area contributed by atoms with Crippen LogP contribution in [0.1, 0.15) is 33.1 Å². The molecular weight excluding hydrogens is 264 g/mol. The molecule has 9 heteroatoms. The normalized spacial score (nSPS) is 11.8. The fourth-order valence-electron chi connectivity index (χ4n) is 1.30. The van der Waals surface area contributed by atoms with E-state index < -0.39 is 17.0 Å². The van der Waals surface area contributed by atoms with Crippen LogP contribution in [0, 0.1) is 28.0 Å². The maximum atomic E-state index is 11.6. The smallest absolute Gasteiger partial charge is 0.251 e. The number of amides is 1. The van der Waals surface area contributed by atoms with Gasteiger partial charge in [-0.15, -0.1) is 0 Å². The fourth-order valence-corrected chi connectivity index (χ4v) is 1.30. The molecule has 0 unspecified atom stereocenters. The number of hydrogen-bond donors (Lipinski definition) is 5. The molecule has 6 N–H and O–H groups in total. The zero-order valence-electron chi connectivity index (χ0n) is 11.8. The Bertz CT molecular complexity index is 334. The summed E-state index contributed by atoms with van der Waals surface area (Å²) in [5.74, 6) is -0.168. The molecule has 0 aliphatic heterocycles. The molecule has 0 aromatic carbocycles. The molecule has 0 rings (SSSR count). The Balaban J connectivity index is 3.66. The van der Waals surface area contributed by atoms with Gasteiger partial charge < -0.3 is 16.4 Å². The van der Waals surface area contributed by atoms with Gasteiger partial charge in [-0.3, -0.25) is 10.2 Å². The molecule has 0 heterocycles. The number of rotatable bonds is 9. The predicted molar refractivity (Wildman–Crippen MR) is 75.0 cm³/mol. The van der Waals surface area contributed by atoms with E-state index in [-0.39, 0.29) is 5.91 Å². The predicted octanol–water partition coefficient (Wildman–Crippen LogP) is -0.276. The van der Waals surface area contributed by atoms with Crippen molar-refractivity contribution in [2.45, 2.75) is 39.2 Å². The number of hydrazine groups is 1. The molecule has 0 bridgehead atoms. The Kier molecular flexibility index (Phi) is 9.01.